The molecule has 1 aromatic heterocycles. The molecular weight excluding hydrogens is 314 g/mol. The first-order chi connectivity index (χ1) is 9.96. The van der Waals surface area contributed by atoms with Gasteiger partial charge in [0.25, 0.3) is 4.84 Å². The van der Waals surface area contributed by atoms with Crippen molar-refractivity contribution in [2.75, 3.05) is 7.11 Å². The van der Waals surface area contributed by atoms with Crippen molar-refractivity contribution in [1.29, 1.82) is 0 Å². The molecule has 0 spiro atoms. The summed E-state index contributed by atoms with van der Waals surface area (Å²) in [6.45, 7) is 1.81. The monoisotopic (exact) mass is 329 g/mol. The molecule has 0 aliphatic heterocycles. The Morgan fingerprint density at radius 1 is 1.43 bits per heavy atom. The van der Waals surface area contributed by atoms with Gasteiger partial charge in [-0.15, -0.1) is 5.10 Å². The fourth-order valence-corrected chi connectivity index (χ4v) is 3.11. The number of benzene rings is 1. The van der Waals surface area contributed by atoms with Gasteiger partial charge in [-0.1, -0.05) is 6.92 Å². The van der Waals surface area contributed by atoms with Gasteiger partial charge in [0.15, 0.2) is 0 Å². The Morgan fingerprint density at radius 2 is 2.10 bits per heavy atom. The Kier molecular flexibility index (Phi) is 4.76. The molecule has 0 saturated carbocycles. The first-order valence-corrected chi connectivity index (χ1v) is 8.07. The SMILES string of the molecule is CCC(NS(=O)(=O)c1ccc(OC)cc1)c1n[nH]c(=S)o1. The van der Waals surface area contributed by atoms with Crippen LogP contribution in [0.1, 0.15) is 25.3 Å². The predicted molar refractivity (Wildman–Crippen MR) is 78.0 cm³/mol. The predicted octanol–water partition coefficient (Wildman–Crippen LogP) is 2.17. The summed E-state index contributed by atoms with van der Waals surface area (Å²) in [7, 11) is -2.17. The molecule has 1 unspecified atom stereocenters. The summed E-state index contributed by atoms with van der Waals surface area (Å²) in [4.78, 5) is 0.239. The van der Waals surface area contributed by atoms with Gasteiger partial charge in [-0.3, -0.25) is 0 Å². The summed E-state index contributed by atoms with van der Waals surface area (Å²) in [5.74, 6) is 0.790. The molecule has 114 valence electrons. The first-order valence-electron chi connectivity index (χ1n) is 6.18. The molecular formula is C12H15N3O4S2. The maximum atomic E-state index is 12.3. The molecule has 1 heterocycles. The van der Waals surface area contributed by atoms with Crippen LogP contribution < -0.4 is 9.46 Å². The van der Waals surface area contributed by atoms with Crippen molar-refractivity contribution < 1.29 is 17.6 Å². The minimum atomic E-state index is -3.69. The van der Waals surface area contributed by atoms with E-state index in [9.17, 15) is 8.42 Å². The molecule has 0 amide bonds. The van der Waals surface area contributed by atoms with Crippen molar-refractivity contribution >= 4 is 22.2 Å². The van der Waals surface area contributed by atoms with E-state index in [4.69, 9.17) is 21.4 Å². The summed E-state index contributed by atoms with van der Waals surface area (Å²) in [5, 5.41) is 6.32. The van der Waals surface area contributed by atoms with Crippen molar-refractivity contribution in [2.45, 2.75) is 24.3 Å². The number of H-pyrrole nitrogens is 1. The van der Waals surface area contributed by atoms with Gasteiger partial charge in [0.2, 0.25) is 15.9 Å². The lowest BCUT2D eigenvalue weighted by atomic mass is 10.2. The standard InChI is InChI=1S/C12H15N3O4S2/c1-3-10(11-13-14-12(20)19-11)15-21(16,17)9-6-4-8(18-2)5-7-9/h4-7,10,15H,3H2,1-2H3,(H,14,20). The number of hydrogen-bond donors (Lipinski definition) is 2. The van der Waals surface area contributed by atoms with E-state index >= 15 is 0 Å². The number of nitrogens with zero attached hydrogens (tertiary/aromatic N) is 1. The maximum Gasteiger partial charge on any atom is 0.284 e. The summed E-state index contributed by atoms with van der Waals surface area (Å²) in [6, 6.07) is 5.50. The van der Waals surface area contributed by atoms with E-state index in [2.05, 4.69) is 14.9 Å². The van der Waals surface area contributed by atoms with E-state index in [0.717, 1.165) is 0 Å². The van der Waals surface area contributed by atoms with Crippen LogP contribution in [0.3, 0.4) is 0 Å². The lowest BCUT2D eigenvalue weighted by molar-refractivity contribution is 0.413. The van der Waals surface area contributed by atoms with Gasteiger partial charge in [-0.05, 0) is 42.9 Å². The Balaban J connectivity index is 2.24. The van der Waals surface area contributed by atoms with E-state index in [1.54, 1.807) is 12.1 Å². The highest BCUT2D eigenvalue weighted by molar-refractivity contribution is 7.89. The molecule has 0 fully saturated rings. The average Bonchev–Trinajstić information content (AvgIpc) is 2.91. The van der Waals surface area contributed by atoms with Crippen LogP contribution in [0, 0.1) is 4.84 Å². The fraction of sp³-hybridized carbons (Fsp3) is 0.333. The van der Waals surface area contributed by atoms with Crippen molar-refractivity contribution in [3.8, 4) is 5.75 Å². The highest BCUT2D eigenvalue weighted by Gasteiger charge is 2.23. The number of methoxy groups -OCH3 is 1. The Labute approximate surface area is 127 Å². The minimum absolute atomic E-state index is 0.104. The summed E-state index contributed by atoms with van der Waals surface area (Å²) >= 11 is 4.79. The Bertz CT molecular complexity index is 749. The molecule has 2 aromatic rings. The molecule has 0 aliphatic rings. The van der Waals surface area contributed by atoms with Crippen molar-refractivity contribution in [2.24, 2.45) is 0 Å². The maximum absolute atomic E-state index is 12.3. The second-order valence-corrected chi connectivity index (χ2v) is 6.29. The quantitative estimate of drug-likeness (QED) is 0.788. The van der Waals surface area contributed by atoms with E-state index in [1.165, 1.54) is 19.2 Å². The lowest BCUT2D eigenvalue weighted by Crippen LogP contribution is -2.28. The highest BCUT2D eigenvalue weighted by atomic mass is 32.2. The fourth-order valence-electron chi connectivity index (χ4n) is 1.71. The number of hydrogen-bond acceptors (Lipinski definition) is 6. The molecule has 0 bridgehead atoms. The number of rotatable bonds is 6. The van der Waals surface area contributed by atoms with Crippen LogP contribution >= 0.6 is 12.2 Å². The van der Waals surface area contributed by atoms with Crippen LogP contribution in [0.25, 0.3) is 0 Å². The third-order valence-electron chi connectivity index (χ3n) is 2.83. The summed E-state index contributed by atoms with van der Waals surface area (Å²) in [6.07, 6.45) is 0.471. The van der Waals surface area contributed by atoms with Gasteiger partial charge in [-0.2, -0.15) is 4.72 Å². The van der Waals surface area contributed by atoms with Gasteiger partial charge in [0, 0.05) is 0 Å². The van der Waals surface area contributed by atoms with E-state index < -0.39 is 16.1 Å². The third-order valence-corrected chi connectivity index (χ3v) is 4.49. The van der Waals surface area contributed by atoms with Crippen LogP contribution in [0.5, 0.6) is 5.75 Å². The van der Waals surface area contributed by atoms with Gasteiger partial charge < -0.3 is 9.15 Å². The van der Waals surface area contributed by atoms with E-state index in [1.807, 2.05) is 6.92 Å². The number of sulfonamides is 1. The molecule has 0 aliphatic carbocycles. The van der Waals surface area contributed by atoms with Gasteiger partial charge >= 0.3 is 0 Å². The molecule has 21 heavy (non-hydrogen) atoms. The summed E-state index contributed by atoms with van der Waals surface area (Å²) in [5.41, 5.74) is 0. The topological polar surface area (TPSA) is 97.2 Å². The third kappa shape index (κ3) is 3.69. The largest absolute Gasteiger partial charge is 0.497 e. The zero-order chi connectivity index (χ0) is 15.5. The van der Waals surface area contributed by atoms with Crippen LogP contribution in [0.2, 0.25) is 0 Å². The van der Waals surface area contributed by atoms with E-state index in [-0.39, 0.29) is 15.6 Å². The van der Waals surface area contributed by atoms with Gasteiger partial charge in [0.1, 0.15) is 5.75 Å². The average molecular weight is 329 g/mol. The molecule has 9 heteroatoms. The summed E-state index contributed by atoms with van der Waals surface area (Å²) < 4.78 is 37.3. The zero-order valence-electron chi connectivity index (χ0n) is 11.5. The molecule has 1 atom stereocenters. The van der Waals surface area contributed by atoms with Crippen molar-refractivity contribution in [3.05, 3.63) is 35.0 Å². The van der Waals surface area contributed by atoms with Crippen molar-refractivity contribution in [3.63, 3.8) is 0 Å². The number of aromatic nitrogens is 2. The first kappa shape index (κ1) is 15.7. The van der Waals surface area contributed by atoms with Crippen LogP contribution in [-0.4, -0.2) is 25.7 Å². The number of ether oxygens (including phenoxy) is 1. The van der Waals surface area contributed by atoms with Crippen LogP contribution in [-0.2, 0) is 10.0 Å². The number of aromatic amines is 1. The smallest absolute Gasteiger partial charge is 0.284 e. The second kappa shape index (κ2) is 6.37. The van der Waals surface area contributed by atoms with Gasteiger partial charge in [-0.25, -0.2) is 13.5 Å². The lowest BCUT2D eigenvalue weighted by Gasteiger charge is -2.13. The second-order valence-electron chi connectivity index (χ2n) is 4.21. The van der Waals surface area contributed by atoms with Gasteiger partial charge in [0.05, 0.1) is 18.0 Å². The van der Waals surface area contributed by atoms with Crippen LogP contribution in [0.4, 0.5) is 0 Å². The normalized spacial score (nSPS) is 13.0. The zero-order valence-corrected chi connectivity index (χ0v) is 13.1. The molecule has 0 saturated heterocycles. The highest BCUT2D eigenvalue weighted by Crippen LogP contribution is 2.20. The Hall–Kier alpha value is -1.71. The Morgan fingerprint density at radius 3 is 2.57 bits per heavy atom. The van der Waals surface area contributed by atoms with Crippen molar-refractivity contribution in [1.82, 2.24) is 14.9 Å². The van der Waals surface area contributed by atoms with Crippen LogP contribution in [0.15, 0.2) is 33.6 Å². The molecule has 7 nitrogen and oxygen atoms in total. The van der Waals surface area contributed by atoms with E-state index in [0.29, 0.717) is 12.2 Å². The molecule has 2 rings (SSSR count). The minimum Gasteiger partial charge on any atom is -0.497 e. The molecule has 1 aromatic carbocycles. The number of nitrogens with one attached hydrogen (secondary N) is 2. The molecule has 2 N–H and O–H groups in total. The molecule has 0 radical (unpaired) electrons.